The van der Waals surface area contributed by atoms with E-state index < -0.39 is 27.3 Å². The third-order valence-corrected chi connectivity index (χ3v) is 5.62. The van der Waals surface area contributed by atoms with Gasteiger partial charge in [-0.15, -0.1) is 0 Å². The Morgan fingerprint density at radius 3 is 2.43 bits per heavy atom. The Kier molecular flexibility index (Phi) is 5.48. The zero-order valence-corrected chi connectivity index (χ0v) is 16.3. The van der Waals surface area contributed by atoms with E-state index >= 15 is 0 Å². The molecule has 2 aromatic heterocycles. The van der Waals surface area contributed by atoms with Crippen LogP contribution in [0, 0.1) is 5.92 Å². The van der Waals surface area contributed by atoms with Gasteiger partial charge in [0.25, 0.3) is 0 Å². The number of anilines is 1. The highest BCUT2D eigenvalue weighted by atomic mass is 16.5. The van der Waals surface area contributed by atoms with Gasteiger partial charge < -0.3 is 20.7 Å². The molecular weight excluding hydrogens is 375 g/mol. The molecule has 0 spiro atoms. The molecule has 2 heterocycles. The van der Waals surface area contributed by atoms with Crippen LogP contribution in [-0.2, 0) is 11.3 Å². The van der Waals surface area contributed by atoms with Crippen molar-refractivity contribution in [1.29, 1.82) is 0 Å². The van der Waals surface area contributed by atoms with Crippen LogP contribution in [0.15, 0.2) is 25.0 Å². The molecule has 2 aromatic rings. The van der Waals surface area contributed by atoms with Crippen LogP contribution in [-0.4, -0.2) is 95.1 Å². The van der Waals surface area contributed by atoms with Gasteiger partial charge >= 0.3 is 0 Å². The van der Waals surface area contributed by atoms with Gasteiger partial charge in [0.05, 0.1) is 56.6 Å². The normalized spacial score (nSPS) is 29.9. The third kappa shape index (κ3) is 3.12. The number of hydrogen-bond acceptors (Lipinski definition) is 7. The van der Waals surface area contributed by atoms with Crippen LogP contribution < -0.4 is 5.73 Å². The summed E-state index contributed by atoms with van der Waals surface area (Å²) in [6.07, 6.45) is 7.42. The number of ether oxygens (including phenoxy) is 1. The number of hydrogen-bond donors (Lipinski definition) is 3. The smallest absolute Gasteiger partial charge is 0.134 e. The molecule has 12 radical (unpaired) electrons. The molecule has 3 atom stereocenters. The Hall–Kier alpha value is -2.06. The van der Waals surface area contributed by atoms with Gasteiger partial charge in [-0.25, -0.2) is 9.97 Å². The summed E-state index contributed by atoms with van der Waals surface area (Å²) < 4.78 is 6.31. The summed E-state index contributed by atoms with van der Waals surface area (Å²) in [6.45, 7) is -0.167. The van der Waals surface area contributed by atoms with E-state index in [0.717, 1.165) is 0 Å². The van der Waals surface area contributed by atoms with E-state index in [0.29, 0.717) is 16.8 Å². The second-order valence-corrected chi connectivity index (χ2v) is 7.46. The second kappa shape index (κ2) is 7.27. The van der Waals surface area contributed by atoms with Crippen molar-refractivity contribution < 1.29 is 14.9 Å². The first kappa shape index (κ1) is 22.6. The average Bonchev–Trinajstić information content (AvgIpc) is 3.14. The van der Waals surface area contributed by atoms with Crippen molar-refractivity contribution in [3.05, 3.63) is 30.5 Å². The summed E-state index contributed by atoms with van der Waals surface area (Å²) >= 11 is 0. The van der Waals surface area contributed by atoms with Gasteiger partial charge in [-0.2, -0.15) is 5.10 Å². The molecule has 0 aliphatic heterocycles. The Balaban J connectivity index is 1.98. The zero-order valence-electron chi connectivity index (χ0n) is 16.3. The minimum atomic E-state index is -2.58. The Labute approximate surface area is 182 Å². The molecule has 1 saturated carbocycles. The molecule has 0 amide bonds. The standard InChI is InChI=1S/C16H15B6N5O3/c1-30-3-2-9-11(24-7-25-12(9)23)8-4-26-27(5-8)6-10-13(17,18)16(22,29)15(20,21)14(10,19)28/h2-5,7,10,28-29H,6H2,1H3,(H2,23,24,25)/b3-2+. The van der Waals surface area contributed by atoms with Crippen LogP contribution in [0.25, 0.3) is 17.3 Å². The summed E-state index contributed by atoms with van der Waals surface area (Å²) in [5, 5.41) is 20.9. The SMILES string of the molecule is [B]C1([B])C(Cn2cc(-c3ncnc(N)c3/C=C/OC)cn2)C([B])(O)C([B])([B])C1([B])O. The Morgan fingerprint density at radius 2 is 1.87 bits per heavy atom. The van der Waals surface area contributed by atoms with Crippen LogP contribution >= 0.6 is 0 Å². The highest BCUT2D eigenvalue weighted by molar-refractivity contribution is 6.56. The number of nitrogens with zero attached hydrogens (tertiary/aromatic N) is 4. The van der Waals surface area contributed by atoms with Crippen LogP contribution in [0.4, 0.5) is 5.82 Å². The average molecular weight is 390 g/mol. The van der Waals surface area contributed by atoms with E-state index in [1.807, 2.05) is 0 Å². The van der Waals surface area contributed by atoms with Crippen molar-refractivity contribution in [3.63, 3.8) is 0 Å². The molecule has 14 heteroatoms. The zero-order chi connectivity index (χ0) is 22.5. The number of rotatable bonds is 5. The lowest BCUT2D eigenvalue weighted by Gasteiger charge is -2.47. The minimum absolute atomic E-state index is 0.167. The predicted molar refractivity (Wildman–Crippen MR) is 117 cm³/mol. The van der Waals surface area contributed by atoms with Crippen LogP contribution in [0.3, 0.4) is 0 Å². The van der Waals surface area contributed by atoms with Crippen molar-refractivity contribution in [2.45, 2.75) is 28.0 Å². The van der Waals surface area contributed by atoms with Crippen molar-refractivity contribution in [1.82, 2.24) is 19.7 Å². The van der Waals surface area contributed by atoms with Crippen molar-refractivity contribution >= 4 is 59.0 Å². The van der Waals surface area contributed by atoms with Crippen molar-refractivity contribution in [3.8, 4) is 11.3 Å². The fourth-order valence-electron chi connectivity index (χ4n) is 3.58. The molecule has 3 unspecified atom stereocenters. The molecule has 4 N–H and O–H groups in total. The second-order valence-electron chi connectivity index (χ2n) is 7.46. The maximum absolute atomic E-state index is 10.7. The van der Waals surface area contributed by atoms with Crippen molar-refractivity contribution in [2.75, 3.05) is 12.8 Å². The fraction of sp³-hybridized carbons (Fsp3) is 0.438. The molecule has 0 aromatic carbocycles. The Morgan fingerprint density at radius 1 is 1.20 bits per heavy atom. The number of nitrogen functional groups attached to an aromatic ring is 1. The molecule has 1 aliphatic rings. The molecule has 8 nitrogen and oxygen atoms in total. The maximum Gasteiger partial charge on any atom is 0.134 e. The van der Waals surface area contributed by atoms with E-state index in [1.54, 1.807) is 12.3 Å². The molecule has 30 heavy (non-hydrogen) atoms. The molecular formula is C16H15B6N5O3. The van der Waals surface area contributed by atoms with Gasteiger partial charge in [-0.1, -0.05) is 10.4 Å². The lowest BCUT2D eigenvalue weighted by molar-refractivity contribution is 0.0482. The van der Waals surface area contributed by atoms with Crippen LogP contribution in [0.2, 0.25) is 10.4 Å². The largest absolute Gasteiger partial charge is 0.504 e. The van der Waals surface area contributed by atoms with E-state index in [-0.39, 0.29) is 12.4 Å². The first-order valence-corrected chi connectivity index (χ1v) is 8.79. The van der Waals surface area contributed by atoms with Gasteiger partial charge in [-0.3, -0.25) is 4.68 Å². The monoisotopic (exact) mass is 391 g/mol. The molecule has 0 saturated heterocycles. The van der Waals surface area contributed by atoms with Crippen molar-refractivity contribution in [2.24, 2.45) is 5.92 Å². The van der Waals surface area contributed by atoms with Crippen LogP contribution in [0.5, 0.6) is 0 Å². The topological polar surface area (TPSA) is 119 Å². The third-order valence-electron chi connectivity index (χ3n) is 5.62. The van der Waals surface area contributed by atoms with Gasteiger partial charge in [0.2, 0.25) is 0 Å². The van der Waals surface area contributed by atoms with Gasteiger partial charge in [0, 0.05) is 34.9 Å². The van der Waals surface area contributed by atoms with Gasteiger partial charge in [0.15, 0.2) is 0 Å². The van der Waals surface area contributed by atoms with Gasteiger partial charge in [-0.05, 0) is 12.0 Å². The first-order valence-electron chi connectivity index (χ1n) is 8.79. The summed E-state index contributed by atoms with van der Waals surface area (Å²) in [4.78, 5) is 8.20. The number of aliphatic hydroxyl groups is 2. The van der Waals surface area contributed by atoms with E-state index in [9.17, 15) is 10.2 Å². The summed E-state index contributed by atoms with van der Waals surface area (Å²) in [7, 11) is 36.9. The molecule has 1 fully saturated rings. The summed E-state index contributed by atoms with van der Waals surface area (Å²) in [6, 6.07) is 0. The maximum atomic E-state index is 10.7. The molecule has 140 valence electrons. The molecule has 0 bridgehead atoms. The quantitative estimate of drug-likeness (QED) is 0.391. The molecule has 1 aliphatic carbocycles. The summed E-state index contributed by atoms with van der Waals surface area (Å²) in [5.41, 5.74) is 2.49. The highest BCUT2D eigenvalue weighted by Gasteiger charge is 2.68. The van der Waals surface area contributed by atoms with Gasteiger partial charge in [0.1, 0.15) is 27.8 Å². The summed E-state index contributed by atoms with van der Waals surface area (Å²) in [5.74, 6) is -1.04. The van der Waals surface area contributed by atoms with Crippen LogP contribution in [0.1, 0.15) is 5.56 Å². The number of aromatic nitrogens is 4. The number of nitrogens with two attached hydrogens (primary N) is 1. The van der Waals surface area contributed by atoms with E-state index in [1.165, 1.54) is 30.6 Å². The lowest BCUT2D eigenvalue weighted by Crippen LogP contribution is -2.54. The molecule has 3 rings (SSSR count). The van der Waals surface area contributed by atoms with E-state index in [4.69, 9.17) is 57.5 Å². The number of methoxy groups -OCH3 is 1. The minimum Gasteiger partial charge on any atom is -0.504 e. The lowest BCUT2D eigenvalue weighted by atomic mass is 9.30. The first-order chi connectivity index (χ1) is 13.8. The fourth-order valence-corrected chi connectivity index (χ4v) is 3.58. The predicted octanol–water partition coefficient (Wildman–Crippen LogP) is -2.21. The van der Waals surface area contributed by atoms with E-state index in [2.05, 4.69) is 15.1 Å². The Bertz CT molecular complexity index is 952. The highest BCUT2D eigenvalue weighted by Crippen LogP contribution is 2.65.